The zero-order valence-electron chi connectivity index (χ0n) is 11.5. The highest BCUT2D eigenvalue weighted by Gasteiger charge is 2.30. The van der Waals surface area contributed by atoms with Gasteiger partial charge in [0.15, 0.2) is 0 Å². The summed E-state index contributed by atoms with van der Waals surface area (Å²) in [6.45, 7) is 7.93. The number of hydrogen-bond acceptors (Lipinski definition) is 3. The summed E-state index contributed by atoms with van der Waals surface area (Å²) in [5.74, 6) is 2.01. The molecular formula is C15H22N2O2. The Kier molecular flexibility index (Phi) is 4.80. The van der Waals surface area contributed by atoms with E-state index in [9.17, 15) is 4.79 Å². The molecule has 1 N–H and O–H groups in total. The first-order chi connectivity index (χ1) is 9.20. The first kappa shape index (κ1) is 13.9. The van der Waals surface area contributed by atoms with Crippen LogP contribution in [-0.4, -0.2) is 29.9 Å². The van der Waals surface area contributed by atoms with Crippen LogP contribution in [0, 0.1) is 6.92 Å². The Morgan fingerprint density at radius 1 is 1.58 bits per heavy atom. The monoisotopic (exact) mass is 262 g/mol. The first-order valence-corrected chi connectivity index (χ1v) is 6.87. The van der Waals surface area contributed by atoms with E-state index >= 15 is 0 Å². The lowest BCUT2D eigenvalue weighted by molar-refractivity contribution is -0.129. The van der Waals surface area contributed by atoms with E-state index in [2.05, 4.69) is 11.9 Å². The van der Waals surface area contributed by atoms with Crippen molar-refractivity contribution in [2.45, 2.75) is 38.8 Å². The summed E-state index contributed by atoms with van der Waals surface area (Å²) in [7, 11) is 0. The number of aryl methyl sites for hydroxylation is 1. The number of hydrogen-bond donors (Lipinski definition) is 1. The van der Waals surface area contributed by atoms with Gasteiger partial charge in [0.25, 0.3) is 0 Å². The second kappa shape index (κ2) is 6.57. The highest BCUT2D eigenvalue weighted by atomic mass is 16.3. The molecule has 1 aromatic heterocycles. The molecule has 1 aliphatic rings. The van der Waals surface area contributed by atoms with Crippen LogP contribution in [-0.2, 0) is 11.3 Å². The minimum atomic E-state index is 0.239. The number of rotatable bonds is 7. The summed E-state index contributed by atoms with van der Waals surface area (Å²) in [6.07, 6.45) is 4.45. The summed E-state index contributed by atoms with van der Waals surface area (Å²) < 4.78 is 5.56. The molecule has 4 heteroatoms. The van der Waals surface area contributed by atoms with Gasteiger partial charge in [0.2, 0.25) is 5.91 Å². The normalized spacial score (nSPS) is 19.1. The smallest absolute Gasteiger partial charge is 0.223 e. The lowest BCUT2D eigenvalue weighted by Crippen LogP contribution is -2.34. The second-order valence-corrected chi connectivity index (χ2v) is 5.01. The molecule has 0 spiro atoms. The Morgan fingerprint density at radius 2 is 2.42 bits per heavy atom. The van der Waals surface area contributed by atoms with E-state index in [1.165, 1.54) is 0 Å². The number of furan rings is 1. The quantitative estimate of drug-likeness (QED) is 0.605. The summed E-state index contributed by atoms with van der Waals surface area (Å²) >= 11 is 0. The fourth-order valence-electron chi connectivity index (χ4n) is 2.52. The van der Waals surface area contributed by atoms with Crippen molar-refractivity contribution in [3.8, 4) is 0 Å². The van der Waals surface area contributed by atoms with Crippen LogP contribution in [0.3, 0.4) is 0 Å². The first-order valence-electron chi connectivity index (χ1n) is 6.87. The lowest BCUT2D eigenvalue weighted by atomic mass is 10.1. The Bertz CT molecular complexity index is 439. The number of amides is 1. The average Bonchev–Trinajstić information content (AvgIpc) is 2.95. The van der Waals surface area contributed by atoms with E-state index in [0.29, 0.717) is 19.0 Å². The molecule has 104 valence electrons. The summed E-state index contributed by atoms with van der Waals surface area (Å²) in [5, 5.41) is 3.29. The SMILES string of the molecule is C=CCNCCC1CCC(=O)N1Cc1ccc(C)o1. The van der Waals surface area contributed by atoms with Gasteiger partial charge in [-0.25, -0.2) is 0 Å². The standard InChI is InChI=1S/C15H22N2O2/c1-3-9-16-10-8-13-5-7-15(18)17(13)11-14-6-4-12(2)19-14/h3-4,6,13,16H,1,5,7-11H2,2H3. The molecular weight excluding hydrogens is 240 g/mol. The van der Waals surface area contributed by atoms with E-state index in [0.717, 1.165) is 37.5 Å². The van der Waals surface area contributed by atoms with E-state index in [1.807, 2.05) is 30.0 Å². The molecule has 2 heterocycles. The molecule has 4 nitrogen and oxygen atoms in total. The van der Waals surface area contributed by atoms with Crippen molar-refractivity contribution in [2.75, 3.05) is 13.1 Å². The van der Waals surface area contributed by atoms with Crippen LogP contribution in [0.2, 0.25) is 0 Å². The van der Waals surface area contributed by atoms with E-state index in [-0.39, 0.29) is 5.91 Å². The minimum absolute atomic E-state index is 0.239. The lowest BCUT2D eigenvalue weighted by Gasteiger charge is -2.24. The molecule has 1 fully saturated rings. The maximum absolute atomic E-state index is 11.9. The molecule has 0 radical (unpaired) electrons. The van der Waals surface area contributed by atoms with Gasteiger partial charge in [0.1, 0.15) is 11.5 Å². The van der Waals surface area contributed by atoms with Gasteiger partial charge < -0.3 is 14.6 Å². The second-order valence-electron chi connectivity index (χ2n) is 5.01. The van der Waals surface area contributed by atoms with Crippen LogP contribution in [0.15, 0.2) is 29.2 Å². The van der Waals surface area contributed by atoms with Crippen molar-refractivity contribution in [3.05, 3.63) is 36.3 Å². The predicted molar refractivity (Wildman–Crippen MR) is 74.7 cm³/mol. The van der Waals surface area contributed by atoms with Gasteiger partial charge >= 0.3 is 0 Å². The molecule has 0 saturated carbocycles. The van der Waals surface area contributed by atoms with Crippen LogP contribution < -0.4 is 5.32 Å². The topological polar surface area (TPSA) is 45.5 Å². The van der Waals surface area contributed by atoms with Crippen LogP contribution in [0.1, 0.15) is 30.8 Å². The Balaban J connectivity index is 1.88. The van der Waals surface area contributed by atoms with Crippen molar-refractivity contribution in [3.63, 3.8) is 0 Å². The average molecular weight is 262 g/mol. The fraction of sp³-hybridized carbons (Fsp3) is 0.533. The maximum atomic E-state index is 11.9. The molecule has 0 bridgehead atoms. The largest absolute Gasteiger partial charge is 0.464 e. The molecule has 1 saturated heterocycles. The van der Waals surface area contributed by atoms with Gasteiger partial charge in [-0.1, -0.05) is 6.08 Å². The molecule has 19 heavy (non-hydrogen) atoms. The molecule has 1 amide bonds. The summed E-state index contributed by atoms with van der Waals surface area (Å²) in [6, 6.07) is 4.22. The molecule has 1 atom stereocenters. The highest BCUT2D eigenvalue weighted by molar-refractivity contribution is 5.78. The third-order valence-electron chi connectivity index (χ3n) is 3.52. The van der Waals surface area contributed by atoms with Crippen molar-refractivity contribution in [1.29, 1.82) is 0 Å². The number of likely N-dealkylation sites (tertiary alicyclic amines) is 1. The molecule has 1 aromatic rings. The number of carbonyl (C=O) groups excluding carboxylic acids is 1. The van der Waals surface area contributed by atoms with Crippen LogP contribution in [0.4, 0.5) is 0 Å². The van der Waals surface area contributed by atoms with Gasteiger partial charge in [0, 0.05) is 19.0 Å². The van der Waals surface area contributed by atoms with Crippen molar-refractivity contribution in [1.82, 2.24) is 10.2 Å². The predicted octanol–water partition coefficient (Wildman–Crippen LogP) is 2.24. The van der Waals surface area contributed by atoms with Gasteiger partial charge in [0.05, 0.1) is 6.54 Å². The van der Waals surface area contributed by atoms with Crippen LogP contribution >= 0.6 is 0 Å². The van der Waals surface area contributed by atoms with E-state index < -0.39 is 0 Å². The van der Waals surface area contributed by atoms with Crippen molar-refractivity contribution in [2.24, 2.45) is 0 Å². The molecule has 1 unspecified atom stereocenters. The number of nitrogens with zero attached hydrogens (tertiary/aromatic N) is 1. The van der Waals surface area contributed by atoms with Crippen LogP contribution in [0.5, 0.6) is 0 Å². The van der Waals surface area contributed by atoms with Gasteiger partial charge in [-0.05, 0) is 38.4 Å². The fourth-order valence-corrected chi connectivity index (χ4v) is 2.52. The third-order valence-corrected chi connectivity index (χ3v) is 3.52. The third kappa shape index (κ3) is 3.70. The zero-order valence-corrected chi connectivity index (χ0v) is 11.5. The Labute approximate surface area is 114 Å². The Morgan fingerprint density at radius 3 is 3.11 bits per heavy atom. The molecule has 0 aliphatic carbocycles. The zero-order chi connectivity index (χ0) is 13.7. The van der Waals surface area contributed by atoms with Crippen LogP contribution in [0.25, 0.3) is 0 Å². The molecule has 2 rings (SSSR count). The summed E-state index contributed by atoms with van der Waals surface area (Å²) in [5.41, 5.74) is 0. The van der Waals surface area contributed by atoms with E-state index in [1.54, 1.807) is 0 Å². The minimum Gasteiger partial charge on any atom is -0.464 e. The van der Waals surface area contributed by atoms with Crippen molar-refractivity contribution < 1.29 is 9.21 Å². The summed E-state index contributed by atoms with van der Waals surface area (Å²) in [4.78, 5) is 13.9. The van der Waals surface area contributed by atoms with Crippen molar-refractivity contribution >= 4 is 5.91 Å². The number of carbonyl (C=O) groups is 1. The highest BCUT2D eigenvalue weighted by Crippen LogP contribution is 2.24. The van der Waals surface area contributed by atoms with Gasteiger partial charge in [-0.15, -0.1) is 6.58 Å². The van der Waals surface area contributed by atoms with Gasteiger partial charge in [-0.3, -0.25) is 4.79 Å². The Hall–Kier alpha value is -1.55. The van der Waals surface area contributed by atoms with E-state index in [4.69, 9.17) is 4.42 Å². The molecule has 0 aromatic carbocycles. The molecule has 1 aliphatic heterocycles. The van der Waals surface area contributed by atoms with Gasteiger partial charge in [-0.2, -0.15) is 0 Å². The number of nitrogens with one attached hydrogen (secondary N) is 1. The maximum Gasteiger partial charge on any atom is 0.223 e.